The third-order valence-corrected chi connectivity index (χ3v) is 3.23. The van der Waals surface area contributed by atoms with Gasteiger partial charge in [0, 0.05) is 13.1 Å². The van der Waals surface area contributed by atoms with Gasteiger partial charge in [0.15, 0.2) is 0 Å². The molecule has 0 aliphatic carbocycles. The Balaban J connectivity index is 1.82. The maximum Gasteiger partial charge on any atom is 0.140 e. The summed E-state index contributed by atoms with van der Waals surface area (Å²) in [4.78, 5) is 6.49. The van der Waals surface area contributed by atoms with Crippen LogP contribution in [0.5, 0.6) is 5.75 Å². The van der Waals surface area contributed by atoms with Crippen LogP contribution in [0.3, 0.4) is 0 Å². The van der Waals surface area contributed by atoms with E-state index in [1.54, 1.807) is 12.3 Å². The van der Waals surface area contributed by atoms with E-state index >= 15 is 0 Å². The second-order valence-corrected chi connectivity index (χ2v) is 4.65. The zero-order valence-electron chi connectivity index (χ0n) is 10.8. The summed E-state index contributed by atoms with van der Waals surface area (Å²) in [6.07, 6.45) is 5.27. The molecule has 1 aliphatic rings. The molecule has 2 rings (SSSR count). The van der Waals surface area contributed by atoms with Crippen LogP contribution < -0.4 is 4.74 Å². The number of pyridine rings is 1. The van der Waals surface area contributed by atoms with Gasteiger partial charge in [0.2, 0.25) is 0 Å². The lowest BCUT2D eigenvalue weighted by Crippen LogP contribution is -2.38. The van der Waals surface area contributed by atoms with E-state index in [-0.39, 0.29) is 6.10 Å². The fourth-order valence-corrected chi connectivity index (χ4v) is 2.28. The number of rotatable bonds is 4. The summed E-state index contributed by atoms with van der Waals surface area (Å²) in [5.41, 5.74) is 0.431. The first-order chi connectivity index (χ1) is 8.81. The average Bonchev–Trinajstić information content (AvgIpc) is 2.42. The molecule has 1 fully saturated rings. The predicted octanol–water partition coefficient (Wildman–Crippen LogP) is 2.21. The summed E-state index contributed by atoms with van der Waals surface area (Å²) in [7, 11) is 0. The van der Waals surface area contributed by atoms with Crippen LogP contribution >= 0.6 is 0 Å². The van der Waals surface area contributed by atoms with Crippen molar-refractivity contribution in [3.8, 4) is 11.8 Å². The van der Waals surface area contributed by atoms with Crippen molar-refractivity contribution in [3.63, 3.8) is 0 Å². The molecule has 0 radical (unpaired) electrons. The second-order valence-electron chi connectivity index (χ2n) is 4.65. The zero-order chi connectivity index (χ0) is 12.8. The second kappa shape index (κ2) is 6.36. The number of ether oxygens (including phenoxy) is 1. The molecule has 0 aromatic carbocycles. The highest BCUT2D eigenvalue weighted by Crippen LogP contribution is 2.18. The van der Waals surface area contributed by atoms with E-state index in [4.69, 9.17) is 10.00 Å². The lowest BCUT2D eigenvalue weighted by atomic mass is 10.1. The Bertz CT molecular complexity index is 402. The molecule has 0 unspecified atom stereocenters. The molecule has 2 heterocycles. The fraction of sp³-hybridized carbons (Fsp3) is 0.571. The van der Waals surface area contributed by atoms with Crippen molar-refractivity contribution in [1.29, 1.82) is 5.26 Å². The fourth-order valence-electron chi connectivity index (χ4n) is 2.28. The third kappa shape index (κ3) is 3.44. The van der Waals surface area contributed by atoms with Gasteiger partial charge < -0.3 is 9.64 Å². The molecule has 0 bridgehead atoms. The van der Waals surface area contributed by atoms with Crippen molar-refractivity contribution in [2.75, 3.05) is 19.6 Å². The number of hydrogen-bond acceptors (Lipinski definition) is 4. The lowest BCUT2D eigenvalue weighted by molar-refractivity contribution is 0.100. The number of nitrogens with zero attached hydrogens (tertiary/aromatic N) is 3. The Hall–Kier alpha value is -1.60. The molecule has 4 heteroatoms. The quantitative estimate of drug-likeness (QED) is 0.816. The first-order valence-corrected chi connectivity index (χ1v) is 6.57. The first-order valence-electron chi connectivity index (χ1n) is 6.57. The molecule has 1 saturated heterocycles. The SMILES string of the molecule is CCCN1CCC(Oc2ccc(C#N)nc2)CC1. The first kappa shape index (κ1) is 12.8. The molecule has 0 amide bonds. The Kier molecular flexibility index (Phi) is 4.54. The largest absolute Gasteiger partial charge is 0.489 e. The maximum atomic E-state index is 8.67. The van der Waals surface area contributed by atoms with Crippen LogP contribution in [0, 0.1) is 11.3 Å². The standard InChI is InChI=1S/C14H19N3O/c1-2-7-17-8-5-13(6-9-17)18-14-4-3-12(10-15)16-11-14/h3-4,11,13H,2,5-9H2,1H3. The molecule has 0 spiro atoms. The molecular formula is C14H19N3O. The van der Waals surface area contributed by atoms with E-state index in [9.17, 15) is 0 Å². The van der Waals surface area contributed by atoms with Crippen LogP contribution in [0.25, 0.3) is 0 Å². The normalized spacial score (nSPS) is 17.3. The third-order valence-electron chi connectivity index (χ3n) is 3.23. The highest BCUT2D eigenvalue weighted by atomic mass is 16.5. The minimum Gasteiger partial charge on any atom is -0.489 e. The van der Waals surface area contributed by atoms with Gasteiger partial charge in [-0.05, 0) is 37.9 Å². The molecule has 0 saturated carbocycles. The van der Waals surface area contributed by atoms with Crippen LogP contribution in [-0.2, 0) is 0 Å². The maximum absolute atomic E-state index is 8.67. The van der Waals surface area contributed by atoms with Crippen LogP contribution in [0.2, 0.25) is 0 Å². The number of piperidine rings is 1. The smallest absolute Gasteiger partial charge is 0.140 e. The van der Waals surface area contributed by atoms with Crippen molar-refractivity contribution in [2.45, 2.75) is 32.3 Å². The van der Waals surface area contributed by atoms with Crippen molar-refractivity contribution in [2.24, 2.45) is 0 Å². The Morgan fingerprint density at radius 1 is 1.44 bits per heavy atom. The van der Waals surface area contributed by atoms with E-state index < -0.39 is 0 Å². The molecule has 96 valence electrons. The van der Waals surface area contributed by atoms with Gasteiger partial charge in [-0.15, -0.1) is 0 Å². The van der Waals surface area contributed by atoms with Gasteiger partial charge in [0.1, 0.15) is 23.6 Å². The van der Waals surface area contributed by atoms with E-state index in [1.807, 2.05) is 12.1 Å². The molecule has 0 atom stereocenters. The van der Waals surface area contributed by atoms with E-state index in [0.29, 0.717) is 5.69 Å². The van der Waals surface area contributed by atoms with Crippen LogP contribution in [0.4, 0.5) is 0 Å². The molecular weight excluding hydrogens is 226 g/mol. The number of likely N-dealkylation sites (tertiary alicyclic amines) is 1. The van der Waals surface area contributed by atoms with E-state index in [2.05, 4.69) is 16.8 Å². The summed E-state index contributed by atoms with van der Waals surface area (Å²) >= 11 is 0. The lowest BCUT2D eigenvalue weighted by Gasteiger charge is -2.31. The molecule has 0 N–H and O–H groups in total. The van der Waals surface area contributed by atoms with Gasteiger partial charge in [0.25, 0.3) is 0 Å². The minimum atomic E-state index is 0.285. The van der Waals surface area contributed by atoms with Gasteiger partial charge in [-0.25, -0.2) is 4.98 Å². The highest BCUT2D eigenvalue weighted by molar-refractivity contribution is 5.26. The predicted molar refractivity (Wildman–Crippen MR) is 69.3 cm³/mol. The number of nitriles is 1. The van der Waals surface area contributed by atoms with Gasteiger partial charge in [-0.2, -0.15) is 5.26 Å². The molecule has 18 heavy (non-hydrogen) atoms. The average molecular weight is 245 g/mol. The number of aromatic nitrogens is 1. The Morgan fingerprint density at radius 2 is 2.22 bits per heavy atom. The Labute approximate surface area is 108 Å². The van der Waals surface area contributed by atoms with Gasteiger partial charge in [-0.3, -0.25) is 0 Å². The van der Waals surface area contributed by atoms with Crippen LogP contribution in [0.1, 0.15) is 31.9 Å². The van der Waals surface area contributed by atoms with Gasteiger partial charge in [-0.1, -0.05) is 6.92 Å². The molecule has 1 aromatic heterocycles. The van der Waals surface area contributed by atoms with Crippen molar-refractivity contribution in [1.82, 2.24) is 9.88 Å². The van der Waals surface area contributed by atoms with Crippen molar-refractivity contribution >= 4 is 0 Å². The minimum absolute atomic E-state index is 0.285. The van der Waals surface area contributed by atoms with Gasteiger partial charge >= 0.3 is 0 Å². The molecule has 1 aromatic rings. The van der Waals surface area contributed by atoms with Crippen molar-refractivity contribution in [3.05, 3.63) is 24.0 Å². The summed E-state index contributed by atoms with van der Waals surface area (Å²) in [6.45, 7) is 5.63. The molecule has 1 aliphatic heterocycles. The topological polar surface area (TPSA) is 49.1 Å². The number of hydrogen-bond donors (Lipinski definition) is 0. The summed E-state index contributed by atoms with van der Waals surface area (Å²) in [5, 5.41) is 8.67. The summed E-state index contributed by atoms with van der Waals surface area (Å²) in [5.74, 6) is 0.767. The van der Waals surface area contributed by atoms with Crippen molar-refractivity contribution < 1.29 is 4.74 Å². The molecule has 4 nitrogen and oxygen atoms in total. The summed E-state index contributed by atoms with van der Waals surface area (Å²) in [6, 6.07) is 5.52. The monoisotopic (exact) mass is 245 g/mol. The highest BCUT2D eigenvalue weighted by Gasteiger charge is 2.19. The van der Waals surface area contributed by atoms with Gasteiger partial charge in [0.05, 0.1) is 6.20 Å². The zero-order valence-corrected chi connectivity index (χ0v) is 10.8. The Morgan fingerprint density at radius 3 is 2.78 bits per heavy atom. The van der Waals surface area contributed by atoms with E-state index in [0.717, 1.165) is 31.7 Å². The summed E-state index contributed by atoms with van der Waals surface area (Å²) < 4.78 is 5.88. The van der Waals surface area contributed by atoms with Crippen LogP contribution in [-0.4, -0.2) is 35.6 Å². The van der Waals surface area contributed by atoms with Crippen LogP contribution in [0.15, 0.2) is 18.3 Å². The van der Waals surface area contributed by atoms with E-state index in [1.165, 1.54) is 13.0 Å².